The Morgan fingerprint density at radius 3 is 2.57 bits per heavy atom. The van der Waals surface area contributed by atoms with Gasteiger partial charge < -0.3 is 9.47 Å². The van der Waals surface area contributed by atoms with E-state index in [-0.39, 0.29) is 6.61 Å². The molecule has 0 spiro atoms. The highest BCUT2D eigenvalue weighted by Gasteiger charge is 2.19. The van der Waals surface area contributed by atoms with E-state index < -0.39 is 12.1 Å². The van der Waals surface area contributed by atoms with Crippen molar-refractivity contribution in [1.82, 2.24) is 9.55 Å². The Morgan fingerprint density at radius 1 is 1.09 bits per heavy atom. The summed E-state index contributed by atoms with van der Waals surface area (Å²) in [5.74, 6) is -0.435. The molecule has 118 valence electrons. The number of para-hydroxylation sites is 1. The van der Waals surface area contributed by atoms with Gasteiger partial charge in [-0.1, -0.05) is 18.2 Å². The van der Waals surface area contributed by atoms with Crippen LogP contribution in [-0.4, -0.2) is 34.8 Å². The van der Waals surface area contributed by atoms with Crippen LogP contribution in [0.1, 0.15) is 24.2 Å². The third-order valence-electron chi connectivity index (χ3n) is 3.48. The number of rotatable bonds is 3. The van der Waals surface area contributed by atoms with Gasteiger partial charge in [0.2, 0.25) is 0 Å². The second-order valence-corrected chi connectivity index (χ2v) is 4.87. The van der Waals surface area contributed by atoms with Gasteiger partial charge in [-0.05, 0) is 26.0 Å². The maximum absolute atomic E-state index is 12.3. The van der Waals surface area contributed by atoms with Crippen molar-refractivity contribution in [2.24, 2.45) is 0 Å². The molecule has 1 aromatic carbocycles. The van der Waals surface area contributed by atoms with Crippen molar-refractivity contribution >= 4 is 34.0 Å². The van der Waals surface area contributed by atoms with Crippen LogP contribution in [0.25, 0.3) is 21.9 Å². The first kappa shape index (κ1) is 15.0. The second-order valence-electron chi connectivity index (χ2n) is 4.87. The summed E-state index contributed by atoms with van der Waals surface area (Å²) in [5, 5.41) is 1.54. The molecule has 0 saturated heterocycles. The predicted octanol–water partition coefficient (Wildman–Crippen LogP) is 3.37. The number of carbonyl (C=O) groups is 2. The smallest absolute Gasteiger partial charge is 0.420 e. The predicted molar refractivity (Wildman–Crippen MR) is 85.6 cm³/mol. The molecule has 0 aliphatic carbocycles. The van der Waals surface area contributed by atoms with Gasteiger partial charge in [-0.25, -0.2) is 19.1 Å². The Bertz CT molecular complexity index is 898. The average Bonchev–Trinajstić information content (AvgIpc) is 2.89. The lowest BCUT2D eigenvalue weighted by Crippen LogP contribution is -2.14. The zero-order chi connectivity index (χ0) is 16.4. The number of hydrogen-bond acceptors (Lipinski definition) is 5. The highest BCUT2D eigenvalue weighted by Crippen LogP contribution is 2.28. The van der Waals surface area contributed by atoms with Gasteiger partial charge in [0.15, 0.2) is 5.65 Å². The van der Waals surface area contributed by atoms with Crippen molar-refractivity contribution in [3.8, 4) is 0 Å². The zero-order valence-corrected chi connectivity index (χ0v) is 12.9. The molecule has 0 radical (unpaired) electrons. The number of aromatic nitrogens is 2. The van der Waals surface area contributed by atoms with E-state index in [0.29, 0.717) is 28.7 Å². The van der Waals surface area contributed by atoms with Crippen LogP contribution in [0.2, 0.25) is 0 Å². The molecule has 23 heavy (non-hydrogen) atoms. The van der Waals surface area contributed by atoms with Crippen molar-refractivity contribution in [1.29, 1.82) is 0 Å². The molecule has 0 atom stereocenters. The Morgan fingerprint density at radius 2 is 1.83 bits per heavy atom. The number of ether oxygens (including phenoxy) is 2. The summed E-state index contributed by atoms with van der Waals surface area (Å²) in [4.78, 5) is 28.5. The first-order valence-electron chi connectivity index (χ1n) is 7.40. The number of benzene rings is 1. The Hall–Kier alpha value is -2.89. The van der Waals surface area contributed by atoms with Crippen molar-refractivity contribution in [3.05, 3.63) is 42.1 Å². The van der Waals surface area contributed by atoms with Gasteiger partial charge in [0.1, 0.15) is 0 Å². The summed E-state index contributed by atoms with van der Waals surface area (Å²) in [6, 6.07) is 9.10. The fourth-order valence-corrected chi connectivity index (χ4v) is 2.54. The molecule has 2 heterocycles. The monoisotopic (exact) mass is 312 g/mol. The van der Waals surface area contributed by atoms with Crippen molar-refractivity contribution in [2.45, 2.75) is 13.8 Å². The van der Waals surface area contributed by atoms with Crippen LogP contribution < -0.4 is 0 Å². The highest BCUT2D eigenvalue weighted by molar-refractivity contribution is 6.12. The summed E-state index contributed by atoms with van der Waals surface area (Å²) < 4.78 is 11.5. The summed E-state index contributed by atoms with van der Waals surface area (Å²) >= 11 is 0. The summed E-state index contributed by atoms with van der Waals surface area (Å²) in [7, 11) is 0. The molecular formula is C17H16N2O4. The quantitative estimate of drug-likeness (QED) is 0.693. The van der Waals surface area contributed by atoms with Crippen LogP contribution in [0, 0.1) is 0 Å². The second kappa shape index (κ2) is 6.08. The number of carbonyl (C=O) groups excluding carboxylic acids is 2. The molecule has 0 aliphatic rings. The summed E-state index contributed by atoms with van der Waals surface area (Å²) in [6.07, 6.45) is 0.921. The van der Waals surface area contributed by atoms with E-state index in [9.17, 15) is 9.59 Å². The third kappa shape index (κ3) is 2.52. The van der Waals surface area contributed by atoms with Gasteiger partial charge in [0, 0.05) is 17.0 Å². The van der Waals surface area contributed by atoms with Gasteiger partial charge in [-0.2, -0.15) is 0 Å². The van der Waals surface area contributed by atoms with Crippen LogP contribution in [0.3, 0.4) is 0 Å². The molecule has 0 saturated carbocycles. The molecule has 0 bridgehead atoms. The molecule has 0 amide bonds. The third-order valence-corrected chi connectivity index (χ3v) is 3.48. The molecule has 2 aromatic heterocycles. The Labute approximate surface area is 132 Å². The molecule has 0 fully saturated rings. The number of fused-ring (bicyclic) bond motifs is 3. The molecule has 0 aliphatic heterocycles. The fourth-order valence-electron chi connectivity index (χ4n) is 2.54. The van der Waals surface area contributed by atoms with Crippen LogP contribution in [-0.2, 0) is 9.47 Å². The minimum atomic E-state index is -0.491. The topological polar surface area (TPSA) is 70.4 Å². The number of nitrogens with zero attached hydrogens (tertiary/aromatic N) is 2. The van der Waals surface area contributed by atoms with E-state index in [1.807, 2.05) is 24.3 Å². The molecule has 0 N–H and O–H groups in total. The molecular weight excluding hydrogens is 296 g/mol. The van der Waals surface area contributed by atoms with Gasteiger partial charge in [-0.15, -0.1) is 0 Å². The van der Waals surface area contributed by atoms with E-state index in [1.54, 1.807) is 19.9 Å². The number of esters is 1. The maximum atomic E-state index is 12.3. The summed E-state index contributed by atoms with van der Waals surface area (Å²) in [6.45, 7) is 4.06. The normalized spacial score (nSPS) is 10.9. The molecule has 6 nitrogen and oxygen atoms in total. The number of hydrogen-bond donors (Lipinski definition) is 0. The van der Waals surface area contributed by atoms with Crippen LogP contribution >= 0.6 is 0 Å². The zero-order valence-electron chi connectivity index (χ0n) is 12.9. The van der Waals surface area contributed by atoms with Crippen molar-refractivity contribution in [2.75, 3.05) is 13.2 Å². The van der Waals surface area contributed by atoms with E-state index in [0.717, 1.165) is 5.39 Å². The first-order chi connectivity index (χ1) is 11.2. The van der Waals surface area contributed by atoms with Gasteiger partial charge in [-0.3, -0.25) is 0 Å². The first-order valence-corrected chi connectivity index (χ1v) is 7.40. The molecule has 0 unspecified atom stereocenters. The average molecular weight is 312 g/mol. The lowest BCUT2D eigenvalue weighted by atomic mass is 10.1. The molecule has 3 aromatic rings. The maximum Gasteiger partial charge on any atom is 0.420 e. The van der Waals surface area contributed by atoms with Crippen LogP contribution in [0.4, 0.5) is 4.79 Å². The molecule has 6 heteroatoms. The van der Waals surface area contributed by atoms with E-state index in [1.165, 1.54) is 10.8 Å². The molecule has 3 rings (SSSR count). The largest absolute Gasteiger partial charge is 0.462 e. The Kier molecular flexibility index (Phi) is 3.97. The lowest BCUT2D eigenvalue weighted by molar-refractivity contribution is 0.0526. The summed E-state index contributed by atoms with van der Waals surface area (Å²) in [5.41, 5.74) is 1.50. The minimum absolute atomic E-state index is 0.272. The van der Waals surface area contributed by atoms with Crippen LogP contribution in [0.5, 0.6) is 0 Å². The van der Waals surface area contributed by atoms with Crippen molar-refractivity contribution < 1.29 is 19.1 Å². The van der Waals surface area contributed by atoms with Gasteiger partial charge in [0.05, 0.1) is 24.3 Å². The van der Waals surface area contributed by atoms with Crippen LogP contribution in [0.15, 0.2) is 36.5 Å². The van der Waals surface area contributed by atoms with E-state index >= 15 is 0 Å². The highest BCUT2D eigenvalue weighted by atomic mass is 16.5. The minimum Gasteiger partial charge on any atom is -0.462 e. The standard InChI is InChI=1S/C17H16N2O4/c1-3-22-16(20)11-9-13-12-7-5-6-8-14(12)19(15(13)18-10-11)17(21)23-4-2/h5-10H,3-4H2,1-2H3. The SMILES string of the molecule is CCOC(=O)c1cnc2c(c1)c1ccccc1n2C(=O)OCC. The van der Waals surface area contributed by atoms with Gasteiger partial charge >= 0.3 is 12.1 Å². The lowest BCUT2D eigenvalue weighted by Gasteiger charge is -2.05. The fraction of sp³-hybridized carbons (Fsp3) is 0.235. The van der Waals surface area contributed by atoms with Gasteiger partial charge in [0.25, 0.3) is 0 Å². The number of pyridine rings is 1. The van der Waals surface area contributed by atoms with E-state index in [4.69, 9.17) is 9.47 Å². The van der Waals surface area contributed by atoms with E-state index in [2.05, 4.69) is 4.98 Å². The van der Waals surface area contributed by atoms with Crippen molar-refractivity contribution in [3.63, 3.8) is 0 Å². The Balaban J connectivity index is 2.26.